The topological polar surface area (TPSA) is 91.2 Å². The van der Waals surface area contributed by atoms with Crippen LogP contribution in [0.25, 0.3) is 0 Å². The van der Waals surface area contributed by atoms with Crippen molar-refractivity contribution >= 4 is 52.5 Å². The van der Waals surface area contributed by atoms with E-state index in [1.54, 1.807) is 37.4 Å². The van der Waals surface area contributed by atoms with E-state index in [2.05, 4.69) is 16.7 Å². The van der Waals surface area contributed by atoms with Crippen LogP contribution in [0.4, 0.5) is 5.69 Å². The lowest BCUT2D eigenvalue weighted by molar-refractivity contribution is -0.121. The number of halogens is 2. The van der Waals surface area contributed by atoms with E-state index in [0.717, 1.165) is 17.3 Å². The Hall–Kier alpha value is -2.66. The van der Waals surface area contributed by atoms with Crippen molar-refractivity contribution in [2.75, 3.05) is 18.2 Å². The van der Waals surface area contributed by atoms with Gasteiger partial charge in [-0.1, -0.05) is 53.2 Å². The van der Waals surface area contributed by atoms with Gasteiger partial charge in [-0.3, -0.25) is 9.59 Å². The van der Waals surface area contributed by atoms with Gasteiger partial charge in [-0.25, -0.2) is 0 Å². The molecule has 0 bridgehead atoms. The van der Waals surface area contributed by atoms with Crippen molar-refractivity contribution in [1.82, 2.24) is 5.32 Å². The average Bonchev–Trinajstić information content (AvgIpc) is 2.75. The molecule has 9 heteroatoms. The van der Waals surface area contributed by atoms with Gasteiger partial charge >= 0.3 is 0 Å². The molecule has 0 saturated heterocycles. The van der Waals surface area contributed by atoms with E-state index in [1.807, 2.05) is 12.1 Å². The van der Waals surface area contributed by atoms with Gasteiger partial charge in [-0.05, 0) is 29.8 Å². The molecule has 1 aliphatic rings. The summed E-state index contributed by atoms with van der Waals surface area (Å²) in [5, 5.41) is 16.1. The van der Waals surface area contributed by atoms with Crippen LogP contribution < -0.4 is 15.4 Å². The zero-order valence-corrected chi connectivity index (χ0v) is 18.2. The van der Waals surface area contributed by atoms with Crippen LogP contribution in [0.2, 0.25) is 10.0 Å². The average molecular weight is 462 g/mol. The standard InChI is InChI=1S/C21H17Cl2N3O3S/c1-29-13-7-5-12(6-8-13)14-9-18(27)26-21(15(14)10-24)30-11-19(28)25-17-4-2-3-16(22)20(17)23/h2-8,14H,9,11H2,1H3,(H,25,28)(H,26,27)/t14-/m0/s1. The number of carbonyl (C=O) groups excluding carboxylic acids is 2. The Morgan fingerprint density at radius 3 is 2.70 bits per heavy atom. The van der Waals surface area contributed by atoms with Gasteiger partial charge in [-0.2, -0.15) is 5.26 Å². The van der Waals surface area contributed by atoms with Gasteiger partial charge in [0.1, 0.15) is 5.75 Å². The molecule has 0 radical (unpaired) electrons. The molecule has 1 atom stereocenters. The maximum Gasteiger partial charge on any atom is 0.234 e. The SMILES string of the molecule is COc1ccc([C@@H]2CC(=O)NC(SCC(=O)Nc3cccc(Cl)c3Cl)=C2C#N)cc1. The third-order valence-corrected chi connectivity index (χ3v) is 6.28. The van der Waals surface area contributed by atoms with Gasteiger partial charge in [0, 0.05) is 12.3 Å². The minimum Gasteiger partial charge on any atom is -0.497 e. The first-order valence-corrected chi connectivity index (χ1v) is 10.6. The van der Waals surface area contributed by atoms with Crippen molar-refractivity contribution in [2.45, 2.75) is 12.3 Å². The number of thioether (sulfide) groups is 1. The molecule has 3 rings (SSSR count). The highest BCUT2D eigenvalue weighted by Crippen LogP contribution is 2.36. The smallest absolute Gasteiger partial charge is 0.234 e. The predicted molar refractivity (Wildman–Crippen MR) is 119 cm³/mol. The second-order valence-electron chi connectivity index (χ2n) is 6.37. The molecule has 30 heavy (non-hydrogen) atoms. The van der Waals surface area contributed by atoms with Crippen LogP contribution in [0.3, 0.4) is 0 Å². The van der Waals surface area contributed by atoms with Crippen molar-refractivity contribution in [3.8, 4) is 11.8 Å². The summed E-state index contributed by atoms with van der Waals surface area (Å²) >= 11 is 13.1. The van der Waals surface area contributed by atoms with Crippen LogP contribution >= 0.6 is 35.0 Å². The second-order valence-corrected chi connectivity index (χ2v) is 8.14. The summed E-state index contributed by atoms with van der Waals surface area (Å²) < 4.78 is 5.16. The van der Waals surface area contributed by atoms with Gasteiger partial charge in [0.05, 0.1) is 45.3 Å². The van der Waals surface area contributed by atoms with Crippen LogP contribution in [0.1, 0.15) is 17.9 Å². The predicted octanol–water partition coefficient (Wildman–Crippen LogP) is 4.71. The first kappa shape index (κ1) is 22.0. The van der Waals surface area contributed by atoms with Crippen molar-refractivity contribution in [2.24, 2.45) is 0 Å². The Morgan fingerprint density at radius 1 is 1.30 bits per heavy atom. The van der Waals surface area contributed by atoms with Gasteiger partial charge < -0.3 is 15.4 Å². The lowest BCUT2D eigenvalue weighted by Gasteiger charge is -2.25. The van der Waals surface area contributed by atoms with Gasteiger partial charge in [0.2, 0.25) is 11.8 Å². The quantitative estimate of drug-likeness (QED) is 0.649. The zero-order valence-electron chi connectivity index (χ0n) is 15.9. The third kappa shape index (κ3) is 5.08. The Kier molecular flexibility index (Phi) is 7.27. The molecule has 0 saturated carbocycles. The van der Waals surface area contributed by atoms with Gasteiger partial charge in [0.15, 0.2) is 0 Å². The Bertz CT molecular complexity index is 1050. The number of hydrogen-bond donors (Lipinski definition) is 2. The van der Waals surface area contributed by atoms with E-state index >= 15 is 0 Å². The summed E-state index contributed by atoms with van der Waals surface area (Å²) in [5.41, 5.74) is 1.64. The molecular weight excluding hydrogens is 445 g/mol. The Morgan fingerprint density at radius 2 is 2.03 bits per heavy atom. The van der Waals surface area contributed by atoms with Crippen molar-refractivity contribution < 1.29 is 14.3 Å². The number of anilines is 1. The Labute approximate surface area is 188 Å². The number of amides is 2. The van der Waals surface area contributed by atoms with Crippen LogP contribution in [-0.2, 0) is 9.59 Å². The molecule has 6 nitrogen and oxygen atoms in total. The van der Waals surface area contributed by atoms with E-state index < -0.39 is 0 Å². The largest absolute Gasteiger partial charge is 0.497 e. The maximum absolute atomic E-state index is 12.4. The molecular formula is C21H17Cl2N3O3S. The number of nitrogens with one attached hydrogen (secondary N) is 2. The molecule has 0 fully saturated rings. The van der Waals surface area contributed by atoms with E-state index in [4.69, 9.17) is 27.9 Å². The normalized spacial score (nSPS) is 15.9. The molecule has 2 N–H and O–H groups in total. The summed E-state index contributed by atoms with van der Waals surface area (Å²) in [4.78, 5) is 24.6. The molecule has 2 aromatic carbocycles. The third-order valence-electron chi connectivity index (χ3n) is 4.45. The highest BCUT2D eigenvalue weighted by molar-refractivity contribution is 8.03. The Balaban J connectivity index is 1.76. The molecule has 2 amide bonds. The highest BCUT2D eigenvalue weighted by Gasteiger charge is 2.30. The highest BCUT2D eigenvalue weighted by atomic mass is 35.5. The number of rotatable bonds is 6. The van der Waals surface area contributed by atoms with Crippen molar-refractivity contribution in [1.29, 1.82) is 5.26 Å². The number of nitrogens with zero attached hydrogens (tertiary/aromatic N) is 1. The number of methoxy groups -OCH3 is 1. The fraction of sp³-hybridized carbons (Fsp3) is 0.190. The number of nitriles is 1. The number of ether oxygens (including phenoxy) is 1. The molecule has 1 aliphatic heterocycles. The van der Waals surface area contributed by atoms with E-state index in [9.17, 15) is 14.9 Å². The first-order valence-electron chi connectivity index (χ1n) is 8.87. The molecule has 0 aromatic heterocycles. The van der Waals surface area contributed by atoms with E-state index in [1.165, 1.54) is 0 Å². The fourth-order valence-corrected chi connectivity index (χ4v) is 4.20. The van der Waals surface area contributed by atoms with Crippen LogP contribution in [0.5, 0.6) is 5.75 Å². The van der Waals surface area contributed by atoms with E-state index in [-0.39, 0.29) is 34.9 Å². The number of benzene rings is 2. The lowest BCUT2D eigenvalue weighted by Crippen LogP contribution is -2.31. The molecule has 0 unspecified atom stereocenters. The zero-order chi connectivity index (χ0) is 21.7. The summed E-state index contributed by atoms with van der Waals surface area (Å²) in [6, 6.07) is 14.3. The second kappa shape index (κ2) is 9.90. The lowest BCUT2D eigenvalue weighted by atomic mass is 9.87. The summed E-state index contributed by atoms with van der Waals surface area (Å²) in [5.74, 6) is -0.265. The van der Waals surface area contributed by atoms with Crippen LogP contribution in [-0.4, -0.2) is 24.7 Å². The minimum atomic E-state index is -0.386. The maximum atomic E-state index is 12.4. The summed E-state index contributed by atoms with van der Waals surface area (Å²) in [6.07, 6.45) is 0.156. The van der Waals surface area contributed by atoms with E-state index in [0.29, 0.717) is 27.1 Å². The fourth-order valence-electron chi connectivity index (χ4n) is 2.98. The molecule has 2 aromatic rings. The first-order chi connectivity index (χ1) is 14.4. The monoisotopic (exact) mass is 461 g/mol. The van der Waals surface area contributed by atoms with Crippen LogP contribution in [0.15, 0.2) is 53.1 Å². The van der Waals surface area contributed by atoms with Gasteiger partial charge in [0.25, 0.3) is 0 Å². The number of hydrogen-bond acceptors (Lipinski definition) is 5. The molecule has 0 aliphatic carbocycles. The number of allylic oxidation sites excluding steroid dienone is 1. The number of carbonyl (C=O) groups is 2. The minimum absolute atomic E-state index is 0.0149. The molecule has 0 spiro atoms. The van der Waals surface area contributed by atoms with Crippen molar-refractivity contribution in [3.05, 3.63) is 68.7 Å². The summed E-state index contributed by atoms with van der Waals surface area (Å²) in [6.45, 7) is 0. The van der Waals surface area contributed by atoms with Crippen molar-refractivity contribution in [3.63, 3.8) is 0 Å². The molecule has 154 valence electrons. The van der Waals surface area contributed by atoms with Gasteiger partial charge in [-0.15, -0.1) is 0 Å². The van der Waals surface area contributed by atoms with Crippen LogP contribution in [0, 0.1) is 11.3 Å². The summed E-state index contributed by atoms with van der Waals surface area (Å²) in [7, 11) is 1.57. The molecule has 1 heterocycles.